The first-order valence-electron chi connectivity index (χ1n) is 9.26. The van der Waals surface area contributed by atoms with Crippen molar-refractivity contribution in [3.8, 4) is 5.75 Å². The van der Waals surface area contributed by atoms with Gasteiger partial charge in [0.25, 0.3) is 0 Å². The van der Waals surface area contributed by atoms with Crippen LogP contribution in [0.4, 0.5) is 10.8 Å². The maximum Gasteiger partial charge on any atom is 0.231 e. The Balaban J connectivity index is 1.43. The molecule has 1 N–H and O–H groups in total. The molecule has 1 aliphatic heterocycles. The molecule has 4 rings (SSSR count). The van der Waals surface area contributed by atoms with Crippen LogP contribution in [0.3, 0.4) is 0 Å². The van der Waals surface area contributed by atoms with Gasteiger partial charge in [-0.2, -0.15) is 0 Å². The van der Waals surface area contributed by atoms with E-state index in [2.05, 4.69) is 10.3 Å². The van der Waals surface area contributed by atoms with Gasteiger partial charge in [-0.25, -0.2) is 4.98 Å². The second-order valence-corrected chi connectivity index (χ2v) is 8.44. The van der Waals surface area contributed by atoms with Crippen LogP contribution in [0, 0.1) is 0 Å². The minimum atomic E-state index is 0.124. The summed E-state index contributed by atoms with van der Waals surface area (Å²) in [6, 6.07) is 17.6. The van der Waals surface area contributed by atoms with Crippen LogP contribution < -0.4 is 10.1 Å². The van der Waals surface area contributed by atoms with Crippen molar-refractivity contribution in [1.82, 2.24) is 9.88 Å². The van der Waals surface area contributed by atoms with Crippen molar-refractivity contribution in [1.29, 1.82) is 0 Å². The van der Waals surface area contributed by atoms with Crippen molar-refractivity contribution >= 4 is 45.9 Å². The van der Waals surface area contributed by atoms with Crippen molar-refractivity contribution in [2.24, 2.45) is 0 Å². The fourth-order valence-corrected chi connectivity index (χ4v) is 4.72. The number of thioether (sulfide) groups is 1. The molecular formula is C22H21N3O2S2. The van der Waals surface area contributed by atoms with E-state index in [1.54, 1.807) is 18.9 Å². The summed E-state index contributed by atoms with van der Waals surface area (Å²) in [4.78, 5) is 19.3. The topological polar surface area (TPSA) is 54.5 Å². The number of anilines is 2. The van der Waals surface area contributed by atoms with Crippen LogP contribution in [-0.4, -0.2) is 35.2 Å². The summed E-state index contributed by atoms with van der Waals surface area (Å²) in [6.45, 7) is 0.739. The number of nitrogens with one attached hydrogen (secondary N) is 1. The van der Waals surface area contributed by atoms with Crippen molar-refractivity contribution in [3.63, 3.8) is 0 Å². The summed E-state index contributed by atoms with van der Waals surface area (Å²) in [7, 11) is 1.65. The van der Waals surface area contributed by atoms with Gasteiger partial charge in [0, 0.05) is 23.4 Å². The molecule has 0 atom stereocenters. The zero-order valence-corrected chi connectivity index (χ0v) is 17.6. The average Bonchev–Trinajstić information content (AvgIpc) is 3.39. The van der Waals surface area contributed by atoms with E-state index in [4.69, 9.17) is 4.74 Å². The maximum absolute atomic E-state index is 12.7. The van der Waals surface area contributed by atoms with Gasteiger partial charge < -0.3 is 15.0 Å². The fraction of sp³-hybridized carbons (Fsp3) is 0.182. The Morgan fingerprint density at radius 1 is 1.21 bits per heavy atom. The van der Waals surface area contributed by atoms with E-state index in [-0.39, 0.29) is 5.91 Å². The van der Waals surface area contributed by atoms with Crippen LogP contribution in [0.5, 0.6) is 5.75 Å². The second kappa shape index (κ2) is 9.15. The van der Waals surface area contributed by atoms with Gasteiger partial charge in [0.2, 0.25) is 5.91 Å². The highest BCUT2D eigenvalue weighted by atomic mass is 32.2. The fourth-order valence-electron chi connectivity index (χ4n) is 3.00. The van der Waals surface area contributed by atoms with Crippen LogP contribution in [0.1, 0.15) is 11.3 Å². The number of hydrogen-bond donors (Lipinski definition) is 1. The molecule has 0 bridgehead atoms. The molecule has 0 unspecified atom stereocenters. The number of aromatic nitrogens is 1. The lowest BCUT2D eigenvalue weighted by atomic mass is 10.1. The molecule has 3 aromatic rings. The molecule has 1 amide bonds. The number of ether oxygens (including phenoxy) is 1. The molecule has 2 aromatic carbocycles. The SMILES string of the molecule is COc1ccc(Nc2nc(/C=C3/SCCN3C(=O)Cc3ccccc3)cs2)cc1. The third-order valence-corrected chi connectivity index (χ3v) is 6.26. The van der Waals surface area contributed by atoms with Gasteiger partial charge in [0.1, 0.15) is 5.75 Å². The molecule has 5 nitrogen and oxygen atoms in total. The number of amides is 1. The Kier molecular flexibility index (Phi) is 6.17. The molecule has 1 aliphatic rings. The van der Waals surface area contributed by atoms with E-state index in [9.17, 15) is 4.79 Å². The number of hydrogen-bond acceptors (Lipinski definition) is 6. The molecule has 1 aromatic heterocycles. The van der Waals surface area contributed by atoms with Gasteiger partial charge in [0.05, 0.1) is 24.3 Å². The minimum absolute atomic E-state index is 0.124. The number of thiazole rings is 1. The summed E-state index contributed by atoms with van der Waals surface area (Å²) in [5.74, 6) is 1.85. The van der Waals surface area contributed by atoms with Crippen LogP contribution in [-0.2, 0) is 11.2 Å². The van der Waals surface area contributed by atoms with Gasteiger partial charge in [0.15, 0.2) is 5.13 Å². The van der Waals surface area contributed by atoms with Crippen molar-refractivity contribution < 1.29 is 9.53 Å². The smallest absolute Gasteiger partial charge is 0.231 e. The summed E-state index contributed by atoms with van der Waals surface area (Å²) in [5, 5.41) is 7.08. The zero-order valence-electron chi connectivity index (χ0n) is 16.0. The lowest BCUT2D eigenvalue weighted by Gasteiger charge is -2.16. The van der Waals surface area contributed by atoms with E-state index >= 15 is 0 Å². The second-order valence-electron chi connectivity index (χ2n) is 6.47. The van der Waals surface area contributed by atoms with Crippen molar-refractivity contribution in [2.45, 2.75) is 6.42 Å². The number of rotatable bonds is 6. The number of carbonyl (C=O) groups is 1. The zero-order chi connectivity index (χ0) is 20.1. The first kappa shape index (κ1) is 19.5. The average molecular weight is 424 g/mol. The highest BCUT2D eigenvalue weighted by Crippen LogP contribution is 2.31. The summed E-state index contributed by atoms with van der Waals surface area (Å²) in [6.07, 6.45) is 2.41. The lowest BCUT2D eigenvalue weighted by Crippen LogP contribution is -2.28. The van der Waals surface area contributed by atoms with Gasteiger partial charge in [-0.05, 0) is 35.9 Å². The molecule has 7 heteroatoms. The summed E-state index contributed by atoms with van der Waals surface area (Å²) < 4.78 is 5.18. The summed E-state index contributed by atoms with van der Waals surface area (Å²) >= 11 is 3.24. The number of nitrogens with zero attached hydrogens (tertiary/aromatic N) is 2. The number of benzene rings is 2. The van der Waals surface area contributed by atoms with Gasteiger partial charge in [-0.1, -0.05) is 30.3 Å². The molecule has 1 saturated heterocycles. The van der Waals surface area contributed by atoms with Crippen LogP contribution in [0.15, 0.2) is 65.0 Å². The van der Waals surface area contributed by atoms with E-state index in [0.29, 0.717) is 6.42 Å². The predicted octanol–water partition coefficient (Wildman–Crippen LogP) is 5.01. The molecular weight excluding hydrogens is 402 g/mol. The number of carbonyl (C=O) groups excluding carboxylic acids is 1. The third-order valence-electron chi connectivity index (χ3n) is 4.46. The van der Waals surface area contributed by atoms with E-state index in [0.717, 1.165) is 45.2 Å². The Morgan fingerprint density at radius 3 is 2.76 bits per heavy atom. The van der Waals surface area contributed by atoms with Crippen LogP contribution >= 0.6 is 23.1 Å². The standard InChI is InChI=1S/C22H21N3O2S2/c1-27-19-9-7-17(8-10-19)23-22-24-18(15-29-22)14-21-25(11-12-28-21)20(26)13-16-5-3-2-4-6-16/h2-10,14-15H,11-13H2,1H3,(H,23,24)/b21-14+. The first-order valence-corrected chi connectivity index (χ1v) is 11.1. The molecule has 2 heterocycles. The van der Waals surface area contributed by atoms with E-state index in [1.165, 1.54) is 11.3 Å². The first-order chi connectivity index (χ1) is 14.2. The Labute approximate surface area is 178 Å². The highest BCUT2D eigenvalue weighted by Gasteiger charge is 2.24. The normalized spacial score (nSPS) is 14.9. The largest absolute Gasteiger partial charge is 0.497 e. The minimum Gasteiger partial charge on any atom is -0.497 e. The van der Waals surface area contributed by atoms with Crippen molar-refractivity contribution in [2.75, 3.05) is 24.7 Å². The quantitative estimate of drug-likeness (QED) is 0.604. The van der Waals surface area contributed by atoms with Gasteiger partial charge in [-0.3, -0.25) is 4.79 Å². The molecule has 148 valence electrons. The van der Waals surface area contributed by atoms with Crippen molar-refractivity contribution in [3.05, 3.63) is 76.3 Å². The third kappa shape index (κ3) is 4.99. The maximum atomic E-state index is 12.7. The molecule has 0 saturated carbocycles. The van der Waals surface area contributed by atoms with Crippen LogP contribution in [0.25, 0.3) is 6.08 Å². The Hall–Kier alpha value is -2.77. The van der Waals surface area contributed by atoms with Gasteiger partial charge in [-0.15, -0.1) is 23.1 Å². The monoisotopic (exact) mass is 423 g/mol. The lowest BCUT2D eigenvalue weighted by molar-refractivity contribution is -0.127. The summed E-state index contributed by atoms with van der Waals surface area (Å²) in [5.41, 5.74) is 2.84. The number of methoxy groups -OCH3 is 1. The molecule has 0 spiro atoms. The molecule has 0 aliphatic carbocycles. The van der Waals surface area contributed by atoms with E-state index in [1.807, 2.05) is 71.0 Å². The molecule has 0 radical (unpaired) electrons. The van der Waals surface area contributed by atoms with Crippen LogP contribution in [0.2, 0.25) is 0 Å². The Morgan fingerprint density at radius 2 is 2.00 bits per heavy atom. The van der Waals surface area contributed by atoms with Gasteiger partial charge >= 0.3 is 0 Å². The molecule has 1 fully saturated rings. The molecule has 29 heavy (non-hydrogen) atoms. The highest BCUT2D eigenvalue weighted by molar-refractivity contribution is 8.03. The van der Waals surface area contributed by atoms with E-state index < -0.39 is 0 Å². The predicted molar refractivity (Wildman–Crippen MR) is 121 cm³/mol. The Bertz CT molecular complexity index is 1000.